The van der Waals surface area contributed by atoms with Crippen LogP contribution in [-0.4, -0.2) is 28.2 Å². The molecule has 186 valence electrons. The number of piperidine rings is 1. The quantitative estimate of drug-likeness (QED) is 0.376. The number of alkyl halides is 3. The minimum atomic E-state index is -4.61. The van der Waals surface area contributed by atoms with Gasteiger partial charge in [-0.25, -0.2) is 4.98 Å². The van der Waals surface area contributed by atoms with E-state index < -0.39 is 11.9 Å². The molecule has 0 spiro atoms. The minimum Gasteiger partial charge on any atom is -0.459 e. The zero-order valence-electron chi connectivity index (χ0n) is 19.2. The molecule has 3 heterocycles. The Hall–Kier alpha value is -2.85. The Kier molecular flexibility index (Phi) is 7.51. The lowest BCUT2D eigenvalue weighted by Crippen LogP contribution is -2.39. The highest BCUT2D eigenvalue weighted by Gasteiger charge is 2.35. The average molecular weight is 524 g/mol. The summed E-state index contributed by atoms with van der Waals surface area (Å²) in [4.78, 5) is 9.85. The number of hydrogen-bond acceptors (Lipinski definition) is 5. The summed E-state index contributed by atoms with van der Waals surface area (Å²) in [6.45, 7) is 5.66. The maximum atomic E-state index is 13.5. The molecule has 0 aliphatic carbocycles. The smallest absolute Gasteiger partial charge is 0.433 e. The van der Waals surface area contributed by atoms with Gasteiger partial charge in [0.05, 0.1) is 6.54 Å². The van der Waals surface area contributed by atoms with Crippen LogP contribution in [0.4, 0.5) is 24.9 Å². The molecule has 2 N–H and O–H groups in total. The fourth-order valence-corrected chi connectivity index (χ4v) is 4.49. The Balaban J connectivity index is 1.44. The van der Waals surface area contributed by atoms with Gasteiger partial charge in [0.25, 0.3) is 0 Å². The van der Waals surface area contributed by atoms with Gasteiger partial charge in [0, 0.05) is 29.7 Å². The highest BCUT2D eigenvalue weighted by Crippen LogP contribution is 2.32. The molecule has 1 fully saturated rings. The van der Waals surface area contributed by atoms with Crippen molar-refractivity contribution in [1.82, 2.24) is 15.3 Å². The van der Waals surface area contributed by atoms with Crippen LogP contribution in [0.15, 0.2) is 46.9 Å². The summed E-state index contributed by atoms with van der Waals surface area (Å²) in [5, 5.41) is 6.32. The van der Waals surface area contributed by atoms with E-state index in [1.807, 2.05) is 23.1 Å². The van der Waals surface area contributed by atoms with Crippen LogP contribution in [0.25, 0.3) is 11.3 Å². The topological polar surface area (TPSA) is 66.2 Å². The molecule has 0 radical (unpaired) electrons. The lowest BCUT2D eigenvalue weighted by Gasteiger charge is -2.36. The van der Waals surface area contributed by atoms with E-state index in [2.05, 4.69) is 34.4 Å². The van der Waals surface area contributed by atoms with Gasteiger partial charge < -0.3 is 20.0 Å². The monoisotopic (exact) mass is 523 g/mol. The number of hydrogen-bond donors (Lipinski definition) is 2. The SMILES string of the molecule is C[C@@H]1C[C@H](C)CN(c2cc(C(F)(F)F)nc(NC(=S)NCc3ccc(-c4ccc(Cl)cc4)o3)n2)C1. The van der Waals surface area contributed by atoms with Crippen molar-refractivity contribution in [2.45, 2.75) is 33.0 Å². The van der Waals surface area contributed by atoms with E-state index in [0.29, 0.717) is 41.5 Å². The van der Waals surface area contributed by atoms with Gasteiger partial charge in [-0.3, -0.25) is 0 Å². The largest absolute Gasteiger partial charge is 0.459 e. The first-order valence-electron chi connectivity index (χ1n) is 11.2. The molecule has 4 rings (SSSR count). The molecular formula is C24H25ClF3N5OS. The van der Waals surface area contributed by atoms with E-state index in [4.69, 9.17) is 28.2 Å². The predicted octanol–water partition coefficient (Wildman–Crippen LogP) is 6.38. The van der Waals surface area contributed by atoms with Crippen LogP contribution in [0.5, 0.6) is 0 Å². The Bertz CT molecular complexity index is 1170. The number of rotatable bonds is 5. The Morgan fingerprint density at radius 1 is 1.11 bits per heavy atom. The normalized spacial score (nSPS) is 18.4. The standard InChI is InChI=1S/C24H25ClF3N5OS/c1-14-9-15(2)13-33(12-14)21-10-20(24(26,27)28)30-22(31-21)32-23(35)29-11-18-7-8-19(34-18)16-3-5-17(25)6-4-16/h3-8,10,14-15H,9,11-13H2,1-2H3,(H2,29,30,31,32,35)/t14-,15+. The third-order valence-electron chi connectivity index (χ3n) is 5.63. The van der Waals surface area contributed by atoms with E-state index >= 15 is 0 Å². The molecule has 2 atom stereocenters. The van der Waals surface area contributed by atoms with E-state index in [0.717, 1.165) is 18.1 Å². The third kappa shape index (κ3) is 6.64. The molecule has 2 aromatic heterocycles. The van der Waals surface area contributed by atoms with Crippen molar-refractivity contribution in [3.8, 4) is 11.3 Å². The zero-order chi connectivity index (χ0) is 25.2. The van der Waals surface area contributed by atoms with Gasteiger partial charge in [-0.05, 0) is 66.9 Å². The summed E-state index contributed by atoms with van der Waals surface area (Å²) >= 11 is 11.2. The molecule has 0 saturated carbocycles. The molecule has 0 bridgehead atoms. The van der Waals surface area contributed by atoms with Crippen molar-refractivity contribution in [3.05, 3.63) is 58.9 Å². The number of halogens is 4. The maximum Gasteiger partial charge on any atom is 0.433 e. The van der Waals surface area contributed by atoms with E-state index in [-0.39, 0.29) is 23.4 Å². The summed E-state index contributed by atoms with van der Waals surface area (Å²) in [5.41, 5.74) is -0.148. The molecule has 0 amide bonds. The summed E-state index contributed by atoms with van der Waals surface area (Å²) in [5.74, 6) is 1.99. The molecule has 1 aliphatic rings. The van der Waals surface area contributed by atoms with Crippen LogP contribution in [-0.2, 0) is 12.7 Å². The Labute approximate surface area is 211 Å². The van der Waals surface area contributed by atoms with Crippen molar-refractivity contribution >= 4 is 40.7 Å². The molecule has 35 heavy (non-hydrogen) atoms. The number of anilines is 2. The van der Waals surface area contributed by atoms with Gasteiger partial charge in [0.15, 0.2) is 10.8 Å². The predicted molar refractivity (Wildman–Crippen MR) is 134 cm³/mol. The first-order valence-corrected chi connectivity index (χ1v) is 12.0. The molecule has 3 aromatic rings. The van der Waals surface area contributed by atoms with Gasteiger partial charge in [0.1, 0.15) is 17.3 Å². The summed E-state index contributed by atoms with van der Waals surface area (Å²) < 4.78 is 46.4. The zero-order valence-corrected chi connectivity index (χ0v) is 20.8. The van der Waals surface area contributed by atoms with Crippen molar-refractivity contribution in [2.24, 2.45) is 11.8 Å². The van der Waals surface area contributed by atoms with Gasteiger partial charge in [-0.15, -0.1) is 0 Å². The van der Waals surface area contributed by atoms with Gasteiger partial charge in [0.2, 0.25) is 5.95 Å². The van der Waals surface area contributed by atoms with Crippen LogP contribution in [0.1, 0.15) is 31.7 Å². The second-order valence-electron chi connectivity index (χ2n) is 8.86. The molecule has 1 aromatic carbocycles. The number of aromatic nitrogens is 2. The highest BCUT2D eigenvalue weighted by molar-refractivity contribution is 7.80. The van der Waals surface area contributed by atoms with E-state index in [9.17, 15) is 13.2 Å². The summed E-state index contributed by atoms with van der Waals surface area (Å²) in [7, 11) is 0. The Morgan fingerprint density at radius 3 is 2.46 bits per heavy atom. The first-order chi connectivity index (χ1) is 16.6. The van der Waals surface area contributed by atoms with E-state index in [1.165, 1.54) is 0 Å². The fraction of sp³-hybridized carbons (Fsp3) is 0.375. The van der Waals surface area contributed by atoms with Gasteiger partial charge in [-0.1, -0.05) is 25.4 Å². The third-order valence-corrected chi connectivity index (χ3v) is 6.13. The first kappa shape index (κ1) is 25.2. The average Bonchev–Trinajstić information content (AvgIpc) is 3.26. The van der Waals surface area contributed by atoms with Crippen LogP contribution in [0.2, 0.25) is 5.02 Å². The van der Waals surface area contributed by atoms with Crippen molar-refractivity contribution < 1.29 is 17.6 Å². The summed E-state index contributed by atoms with van der Waals surface area (Å²) in [6, 6.07) is 11.8. The van der Waals surface area contributed by atoms with Crippen molar-refractivity contribution in [2.75, 3.05) is 23.3 Å². The molecule has 1 aliphatic heterocycles. The van der Waals surface area contributed by atoms with Gasteiger partial charge >= 0.3 is 6.18 Å². The molecule has 6 nitrogen and oxygen atoms in total. The molecular weight excluding hydrogens is 499 g/mol. The van der Waals surface area contributed by atoms with Crippen LogP contribution in [0, 0.1) is 11.8 Å². The van der Waals surface area contributed by atoms with Crippen LogP contribution in [0.3, 0.4) is 0 Å². The van der Waals surface area contributed by atoms with E-state index in [1.54, 1.807) is 18.2 Å². The summed E-state index contributed by atoms with van der Waals surface area (Å²) in [6.07, 6.45) is -3.58. The van der Waals surface area contributed by atoms with Crippen molar-refractivity contribution in [1.29, 1.82) is 0 Å². The van der Waals surface area contributed by atoms with Gasteiger partial charge in [-0.2, -0.15) is 18.2 Å². The second-order valence-corrected chi connectivity index (χ2v) is 9.71. The maximum absolute atomic E-state index is 13.5. The number of thiocarbonyl (C=S) groups is 1. The lowest BCUT2D eigenvalue weighted by molar-refractivity contribution is -0.141. The minimum absolute atomic E-state index is 0.0834. The molecule has 1 saturated heterocycles. The van der Waals surface area contributed by atoms with Crippen LogP contribution >= 0.6 is 23.8 Å². The molecule has 0 unspecified atom stereocenters. The molecule has 11 heteroatoms. The highest BCUT2D eigenvalue weighted by atomic mass is 35.5. The second kappa shape index (κ2) is 10.4. The number of nitrogens with zero attached hydrogens (tertiary/aromatic N) is 3. The number of nitrogens with one attached hydrogen (secondary N) is 2. The number of furan rings is 1. The van der Waals surface area contributed by atoms with Crippen LogP contribution < -0.4 is 15.5 Å². The van der Waals surface area contributed by atoms with Crippen molar-refractivity contribution in [3.63, 3.8) is 0 Å². The Morgan fingerprint density at radius 2 is 1.80 bits per heavy atom. The fourth-order valence-electron chi connectivity index (χ4n) is 4.20. The lowest BCUT2D eigenvalue weighted by atomic mass is 9.92. The number of benzene rings is 1.